The number of carbonyl (C=O) groups is 1. The van der Waals surface area contributed by atoms with E-state index in [2.05, 4.69) is 10.3 Å². The summed E-state index contributed by atoms with van der Waals surface area (Å²) in [7, 11) is 1.60. The molecular weight excluding hydrogens is 252 g/mol. The maximum absolute atomic E-state index is 12.5. The Morgan fingerprint density at radius 3 is 3.00 bits per heavy atom. The van der Waals surface area contributed by atoms with Crippen molar-refractivity contribution in [1.82, 2.24) is 10.3 Å². The summed E-state index contributed by atoms with van der Waals surface area (Å²) in [6, 6.07) is 9.45. The number of rotatable bonds is 3. The predicted octanol–water partition coefficient (Wildman–Crippen LogP) is 2.43. The molecule has 0 spiro atoms. The second kappa shape index (κ2) is 5.59. The molecule has 1 aliphatic heterocycles. The molecule has 4 nitrogen and oxygen atoms in total. The molecule has 1 N–H and O–H groups in total. The zero-order valence-corrected chi connectivity index (χ0v) is 11.6. The first-order valence-electron chi connectivity index (χ1n) is 6.97. The van der Waals surface area contributed by atoms with Crippen molar-refractivity contribution in [3.8, 4) is 5.88 Å². The topological polar surface area (TPSA) is 51.2 Å². The van der Waals surface area contributed by atoms with E-state index in [1.54, 1.807) is 7.11 Å². The number of nitrogens with one attached hydrogen (secondary N) is 1. The highest BCUT2D eigenvalue weighted by Gasteiger charge is 2.22. The molecule has 0 amide bonds. The van der Waals surface area contributed by atoms with Crippen molar-refractivity contribution in [2.45, 2.75) is 12.8 Å². The lowest BCUT2D eigenvalue weighted by Crippen LogP contribution is -2.34. The average molecular weight is 270 g/mol. The first-order chi connectivity index (χ1) is 9.78. The highest BCUT2D eigenvalue weighted by Crippen LogP contribution is 2.21. The van der Waals surface area contributed by atoms with Crippen LogP contribution in [0.2, 0.25) is 0 Å². The zero-order valence-electron chi connectivity index (χ0n) is 11.6. The van der Waals surface area contributed by atoms with Crippen LogP contribution in [0, 0.1) is 5.92 Å². The minimum Gasteiger partial charge on any atom is -0.481 e. The van der Waals surface area contributed by atoms with Gasteiger partial charge in [0.15, 0.2) is 5.78 Å². The smallest absolute Gasteiger partial charge is 0.213 e. The highest BCUT2D eigenvalue weighted by atomic mass is 16.5. The van der Waals surface area contributed by atoms with Crippen LogP contribution in [-0.2, 0) is 0 Å². The third-order valence-electron chi connectivity index (χ3n) is 3.82. The molecule has 0 bridgehead atoms. The van der Waals surface area contributed by atoms with E-state index in [0.29, 0.717) is 5.88 Å². The van der Waals surface area contributed by atoms with E-state index in [-0.39, 0.29) is 11.7 Å². The summed E-state index contributed by atoms with van der Waals surface area (Å²) in [5, 5.41) is 4.26. The Bertz CT molecular complexity index is 633. The summed E-state index contributed by atoms with van der Waals surface area (Å²) in [5.41, 5.74) is 1.63. The highest BCUT2D eigenvalue weighted by molar-refractivity contribution is 6.01. The number of fused-ring (bicyclic) bond motifs is 1. The molecule has 3 rings (SSSR count). The molecule has 20 heavy (non-hydrogen) atoms. The van der Waals surface area contributed by atoms with Gasteiger partial charge in [0, 0.05) is 29.5 Å². The van der Waals surface area contributed by atoms with Crippen LogP contribution in [0.5, 0.6) is 5.88 Å². The average Bonchev–Trinajstić information content (AvgIpc) is 2.54. The molecule has 1 unspecified atom stereocenters. The monoisotopic (exact) mass is 270 g/mol. The number of benzene rings is 1. The van der Waals surface area contributed by atoms with Gasteiger partial charge in [-0.2, -0.15) is 0 Å². The number of ether oxygens (including phenoxy) is 1. The number of piperidine rings is 1. The van der Waals surface area contributed by atoms with Gasteiger partial charge < -0.3 is 10.1 Å². The van der Waals surface area contributed by atoms with Crippen molar-refractivity contribution >= 4 is 16.7 Å². The number of nitrogens with zero attached hydrogens (tertiary/aromatic N) is 1. The lowest BCUT2D eigenvalue weighted by molar-refractivity contribution is 0.0900. The molecule has 4 heteroatoms. The molecule has 1 aliphatic rings. The number of carbonyl (C=O) groups excluding carboxylic acids is 1. The van der Waals surface area contributed by atoms with Gasteiger partial charge in [0.2, 0.25) is 5.88 Å². The first-order valence-corrected chi connectivity index (χ1v) is 6.97. The molecule has 0 saturated carbocycles. The van der Waals surface area contributed by atoms with Gasteiger partial charge in [-0.3, -0.25) is 4.79 Å². The van der Waals surface area contributed by atoms with Crippen LogP contribution in [-0.4, -0.2) is 31.0 Å². The summed E-state index contributed by atoms with van der Waals surface area (Å²) >= 11 is 0. The number of Topliss-reactive ketones (excluding diaryl/α,β-unsaturated/α-hetero) is 1. The van der Waals surface area contributed by atoms with Crippen LogP contribution in [0.3, 0.4) is 0 Å². The van der Waals surface area contributed by atoms with Gasteiger partial charge in [-0.05, 0) is 43.7 Å². The quantitative estimate of drug-likeness (QED) is 0.870. The molecule has 104 valence electrons. The number of ketones is 1. The van der Waals surface area contributed by atoms with Crippen molar-refractivity contribution in [3.63, 3.8) is 0 Å². The maximum Gasteiger partial charge on any atom is 0.213 e. The summed E-state index contributed by atoms with van der Waals surface area (Å²) in [4.78, 5) is 16.8. The van der Waals surface area contributed by atoms with Crippen LogP contribution in [0.15, 0.2) is 30.3 Å². The Morgan fingerprint density at radius 2 is 2.25 bits per heavy atom. The summed E-state index contributed by atoms with van der Waals surface area (Å²) in [6.45, 7) is 1.81. The fourth-order valence-electron chi connectivity index (χ4n) is 2.69. The number of methoxy groups -OCH3 is 1. The Labute approximate surface area is 118 Å². The van der Waals surface area contributed by atoms with E-state index < -0.39 is 0 Å². The summed E-state index contributed by atoms with van der Waals surface area (Å²) in [6.07, 6.45) is 2.05. The second-order valence-electron chi connectivity index (χ2n) is 5.17. The molecule has 1 aromatic heterocycles. The van der Waals surface area contributed by atoms with Gasteiger partial charge in [0.1, 0.15) is 0 Å². The first kappa shape index (κ1) is 13.1. The van der Waals surface area contributed by atoms with Crippen molar-refractivity contribution in [1.29, 1.82) is 0 Å². The predicted molar refractivity (Wildman–Crippen MR) is 78.2 cm³/mol. The van der Waals surface area contributed by atoms with Crippen LogP contribution < -0.4 is 10.1 Å². The van der Waals surface area contributed by atoms with Crippen LogP contribution >= 0.6 is 0 Å². The fraction of sp³-hybridized carbons (Fsp3) is 0.375. The van der Waals surface area contributed by atoms with Crippen molar-refractivity contribution in [2.24, 2.45) is 5.92 Å². The van der Waals surface area contributed by atoms with Gasteiger partial charge in [0.25, 0.3) is 0 Å². The Kier molecular flexibility index (Phi) is 3.65. The molecule has 2 heterocycles. The SMILES string of the molecule is COc1ccc2cc(C(=O)C3CCCNC3)ccc2n1. The van der Waals surface area contributed by atoms with Gasteiger partial charge >= 0.3 is 0 Å². The van der Waals surface area contributed by atoms with E-state index in [1.807, 2.05) is 30.3 Å². The summed E-state index contributed by atoms with van der Waals surface area (Å²) in [5.74, 6) is 0.926. The van der Waals surface area contributed by atoms with Crippen molar-refractivity contribution in [3.05, 3.63) is 35.9 Å². The molecule has 1 aromatic carbocycles. The van der Waals surface area contributed by atoms with Crippen molar-refractivity contribution in [2.75, 3.05) is 20.2 Å². The van der Waals surface area contributed by atoms with E-state index in [1.165, 1.54) is 0 Å². The molecule has 2 aromatic rings. The standard InChI is InChI=1S/C16H18N2O2/c1-20-15-7-5-11-9-12(4-6-14(11)18-15)16(19)13-3-2-8-17-10-13/h4-7,9,13,17H,2-3,8,10H2,1H3. The van der Waals surface area contributed by atoms with E-state index in [0.717, 1.165) is 42.4 Å². The maximum atomic E-state index is 12.5. The molecule has 0 aliphatic carbocycles. The van der Waals surface area contributed by atoms with E-state index in [9.17, 15) is 4.79 Å². The normalized spacial score (nSPS) is 18.9. The zero-order chi connectivity index (χ0) is 13.9. The van der Waals surface area contributed by atoms with E-state index in [4.69, 9.17) is 4.74 Å². The van der Waals surface area contributed by atoms with Gasteiger partial charge in [-0.1, -0.05) is 0 Å². The summed E-state index contributed by atoms with van der Waals surface area (Å²) < 4.78 is 5.11. The molecule has 1 fully saturated rings. The van der Waals surface area contributed by atoms with Crippen LogP contribution in [0.1, 0.15) is 23.2 Å². The van der Waals surface area contributed by atoms with Crippen LogP contribution in [0.4, 0.5) is 0 Å². The third kappa shape index (κ3) is 2.51. The largest absolute Gasteiger partial charge is 0.481 e. The number of hydrogen-bond donors (Lipinski definition) is 1. The Hall–Kier alpha value is -1.94. The number of aromatic nitrogens is 1. The second-order valence-corrected chi connectivity index (χ2v) is 5.17. The number of pyridine rings is 1. The lowest BCUT2D eigenvalue weighted by atomic mass is 9.90. The lowest BCUT2D eigenvalue weighted by Gasteiger charge is -2.21. The Balaban J connectivity index is 1.90. The third-order valence-corrected chi connectivity index (χ3v) is 3.82. The van der Waals surface area contributed by atoms with Gasteiger partial charge in [-0.25, -0.2) is 4.98 Å². The molecule has 1 atom stereocenters. The van der Waals surface area contributed by atoms with Crippen molar-refractivity contribution < 1.29 is 9.53 Å². The molecule has 1 saturated heterocycles. The minimum atomic E-state index is 0.104. The van der Waals surface area contributed by atoms with Gasteiger partial charge in [-0.15, -0.1) is 0 Å². The fourth-order valence-corrected chi connectivity index (χ4v) is 2.69. The number of hydrogen-bond acceptors (Lipinski definition) is 4. The van der Waals surface area contributed by atoms with E-state index >= 15 is 0 Å². The minimum absolute atomic E-state index is 0.104. The van der Waals surface area contributed by atoms with Crippen LogP contribution in [0.25, 0.3) is 10.9 Å². The molecule has 0 radical (unpaired) electrons. The van der Waals surface area contributed by atoms with Gasteiger partial charge in [0.05, 0.1) is 12.6 Å². The molecular formula is C16H18N2O2. The Morgan fingerprint density at radius 1 is 1.35 bits per heavy atom.